The molecule has 0 aliphatic carbocycles. The van der Waals surface area contributed by atoms with E-state index in [1.165, 1.54) is 12.1 Å². The summed E-state index contributed by atoms with van der Waals surface area (Å²) >= 11 is 0. The normalized spacial score (nSPS) is 11.6. The molecule has 9 nitrogen and oxygen atoms in total. The third kappa shape index (κ3) is 6.00. The van der Waals surface area contributed by atoms with E-state index in [1.54, 1.807) is 40.7 Å². The fraction of sp³-hybridized carbons (Fsp3) is 0.200. The lowest BCUT2D eigenvalue weighted by molar-refractivity contribution is 0.483. The molecule has 0 aliphatic rings. The Morgan fingerprint density at radius 2 is 1.62 bits per heavy atom. The molecule has 10 heteroatoms. The maximum atomic E-state index is 13.4. The molecule has 228 valence electrons. The molecule has 3 aromatic carbocycles. The van der Waals surface area contributed by atoms with Gasteiger partial charge in [-0.2, -0.15) is 13.7 Å². The van der Waals surface area contributed by atoms with Crippen LogP contribution in [0.4, 0.5) is 0 Å². The molecule has 0 fully saturated rings. The third-order valence-electron chi connectivity index (χ3n) is 8.30. The van der Waals surface area contributed by atoms with Crippen molar-refractivity contribution >= 4 is 32.1 Å². The van der Waals surface area contributed by atoms with E-state index in [0.29, 0.717) is 0 Å². The van der Waals surface area contributed by atoms with Crippen LogP contribution < -0.4 is 5.69 Å². The Bertz CT molecular complexity index is 2190. The van der Waals surface area contributed by atoms with Crippen molar-refractivity contribution in [2.24, 2.45) is 7.05 Å². The summed E-state index contributed by atoms with van der Waals surface area (Å²) in [4.78, 5) is 22.2. The zero-order valence-electron chi connectivity index (χ0n) is 25.5. The largest absolute Gasteiger partial charge is 0.333 e. The maximum Gasteiger partial charge on any atom is 0.333 e. The van der Waals surface area contributed by atoms with Crippen LogP contribution in [0.3, 0.4) is 0 Å². The second-order valence-corrected chi connectivity index (χ2v) is 12.3. The molecule has 45 heavy (non-hydrogen) atoms. The van der Waals surface area contributed by atoms with Crippen LogP contribution in [0.5, 0.6) is 0 Å². The van der Waals surface area contributed by atoms with E-state index in [0.717, 1.165) is 62.7 Å². The summed E-state index contributed by atoms with van der Waals surface area (Å²) in [7, 11) is -2.25. The highest BCUT2D eigenvalue weighted by molar-refractivity contribution is 7.85. The first-order valence-electron chi connectivity index (χ1n) is 14.5. The van der Waals surface area contributed by atoms with Crippen molar-refractivity contribution in [2.75, 3.05) is 0 Å². The molecule has 0 aliphatic heterocycles. The summed E-state index contributed by atoms with van der Waals surface area (Å²) in [6, 6.07) is 26.3. The average Bonchev–Trinajstić information content (AvgIpc) is 3.32. The van der Waals surface area contributed by atoms with E-state index in [4.69, 9.17) is 4.55 Å². The predicted molar refractivity (Wildman–Crippen MR) is 176 cm³/mol. The monoisotopic (exact) mass is 619 g/mol. The van der Waals surface area contributed by atoms with Crippen LogP contribution in [-0.4, -0.2) is 32.1 Å². The quantitative estimate of drug-likeness (QED) is 0.204. The highest BCUT2D eigenvalue weighted by atomic mass is 32.2. The number of aromatic nitrogens is 4. The number of fused-ring (bicyclic) bond motifs is 3. The minimum Gasteiger partial charge on any atom is -0.293 e. The Hall–Kier alpha value is -5.11. The molecule has 1 N–H and O–H groups in total. The summed E-state index contributed by atoms with van der Waals surface area (Å²) in [5.74, 6) is 0. The van der Waals surface area contributed by atoms with Crippen LogP contribution in [0.1, 0.15) is 37.8 Å². The van der Waals surface area contributed by atoms with Gasteiger partial charge in [-0.25, -0.2) is 4.79 Å². The van der Waals surface area contributed by atoms with Gasteiger partial charge in [0.05, 0.1) is 44.8 Å². The number of nitrogens with zero attached hydrogens (tertiary/aromatic N) is 5. The first kappa shape index (κ1) is 31.3. The molecule has 0 amide bonds. The lowest BCUT2D eigenvalue weighted by Crippen LogP contribution is -2.23. The van der Waals surface area contributed by atoms with Crippen LogP contribution in [0, 0.1) is 18.3 Å². The number of hydrogen-bond donors (Lipinski definition) is 1. The van der Waals surface area contributed by atoms with E-state index >= 15 is 0 Å². The van der Waals surface area contributed by atoms with Crippen LogP contribution in [0.25, 0.3) is 38.8 Å². The van der Waals surface area contributed by atoms with Gasteiger partial charge in [0.1, 0.15) is 0 Å². The summed E-state index contributed by atoms with van der Waals surface area (Å²) in [6.07, 6.45) is 6.81. The predicted octanol–water partition coefficient (Wildman–Crippen LogP) is 6.76. The van der Waals surface area contributed by atoms with Crippen LogP contribution in [0.2, 0.25) is 0 Å². The number of aryl methyl sites for hydroxylation is 2. The van der Waals surface area contributed by atoms with Crippen molar-refractivity contribution in [3.63, 3.8) is 0 Å². The van der Waals surface area contributed by atoms with Crippen molar-refractivity contribution in [1.82, 2.24) is 19.1 Å². The zero-order chi connectivity index (χ0) is 32.4. The first-order valence-corrected chi connectivity index (χ1v) is 15.9. The molecular weight excluding hydrogens is 586 g/mol. The molecule has 6 aromatic rings. The molecule has 0 atom stereocenters. The number of benzene rings is 3. The number of rotatable bonds is 6. The number of hydrogen-bond acceptors (Lipinski definition) is 6. The SMILES string of the molecule is CCC(C#N)(CC)c1ccc(-n2c(=O)n(C)c3cnc4ccc(-c5cccnc5)cc4c32)cc1.Cc1ccc(S(=O)(=O)O)cc1. The maximum absolute atomic E-state index is 13.4. The summed E-state index contributed by atoms with van der Waals surface area (Å²) in [5, 5.41) is 10.7. The molecule has 0 radical (unpaired) electrons. The van der Waals surface area contributed by atoms with Crippen molar-refractivity contribution in [1.29, 1.82) is 5.26 Å². The minimum absolute atomic E-state index is 0.0666. The molecule has 3 heterocycles. The van der Waals surface area contributed by atoms with Gasteiger partial charge >= 0.3 is 5.69 Å². The fourth-order valence-corrected chi connectivity index (χ4v) is 5.95. The molecule has 0 saturated heterocycles. The zero-order valence-corrected chi connectivity index (χ0v) is 26.3. The standard InChI is InChI=1S/C28H25N5O.C7H8O3S/c1-4-28(5-2,18-29)21-9-11-22(12-10-21)33-26-23-15-19(20-7-6-14-30-16-20)8-13-24(23)31-17-25(26)32(3)27(33)34;1-6-2-4-7(5-3-6)11(8,9)10/h6-17H,4-5H2,1-3H3;2-5H,1H3,(H,8,9,10). The second kappa shape index (κ2) is 12.5. The second-order valence-electron chi connectivity index (χ2n) is 10.9. The van der Waals surface area contributed by atoms with Gasteiger partial charge in [-0.1, -0.05) is 55.8 Å². The first-order chi connectivity index (χ1) is 21.5. The number of imidazole rings is 1. The van der Waals surface area contributed by atoms with Gasteiger partial charge in [-0.05, 0) is 73.4 Å². The Labute approximate surface area is 261 Å². The Morgan fingerprint density at radius 3 is 2.20 bits per heavy atom. The molecule has 3 aromatic heterocycles. The topological polar surface area (TPSA) is 131 Å². The Morgan fingerprint density at radius 1 is 0.933 bits per heavy atom. The van der Waals surface area contributed by atoms with Crippen molar-refractivity contribution in [2.45, 2.75) is 43.9 Å². The van der Waals surface area contributed by atoms with Crippen LogP contribution in [0.15, 0.2) is 107 Å². The third-order valence-corrected chi connectivity index (χ3v) is 9.16. The van der Waals surface area contributed by atoms with Crippen molar-refractivity contribution in [3.05, 3.63) is 119 Å². The molecule has 0 unspecified atom stereocenters. The summed E-state index contributed by atoms with van der Waals surface area (Å²) in [5.41, 5.74) is 6.44. The van der Waals surface area contributed by atoms with E-state index in [1.807, 2.05) is 75.5 Å². The smallest absolute Gasteiger partial charge is 0.293 e. The minimum atomic E-state index is -4.02. The highest BCUT2D eigenvalue weighted by Crippen LogP contribution is 2.33. The lowest BCUT2D eigenvalue weighted by Gasteiger charge is -2.24. The average molecular weight is 620 g/mol. The highest BCUT2D eigenvalue weighted by Gasteiger charge is 2.28. The summed E-state index contributed by atoms with van der Waals surface area (Å²) < 4.78 is 32.9. The van der Waals surface area contributed by atoms with Gasteiger partial charge in [0.25, 0.3) is 10.1 Å². The van der Waals surface area contributed by atoms with Gasteiger partial charge < -0.3 is 0 Å². The molecule has 0 saturated carbocycles. The van der Waals surface area contributed by atoms with Gasteiger partial charge in [0.15, 0.2) is 0 Å². The number of pyridine rings is 2. The van der Waals surface area contributed by atoms with Gasteiger partial charge in [0, 0.05) is 30.4 Å². The van der Waals surface area contributed by atoms with Crippen LogP contribution in [-0.2, 0) is 22.6 Å². The van der Waals surface area contributed by atoms with Crippen molar-refractivity contribution in [3.8, 4) is 22.9 Å². The molecule has 0 bridgehead atoms. The molecule has 6 rings (SSSR count). The molecular formula is C35H33N5O4S. The van der Waals surface area contributed by atoms with E-state index in [9.17, 15) is 18.5 Å². The molecule has 0 spiro atoms. The summed E-state index contributed by atoms with van der Waals surface area (Å²) in [6.45, 7) is 5.91. The van der Waals surface area contributed by atoms with Crippen LogP contribution >= 0.6 is 0 Å². The Balaban J connectivity index is 0.000000309. The lowest BCUT2D eigenvalue weighted by atomic mass is 9.77. The fourth-order valence-electron chi connectivity index (χ4n) is 5.47. The van der Waals surface area contributed by atoms with E-state index < -0.39 is 15.5 Å². The van der Waals surface area contributed by atoms with E-state index in [2.05, 4.69) is 22.1 Å². The Kier molecular flexibility index (Phi) is 8.68. The number of nitriles is 1. The van der Waals surface area contributed by atoms with Crippen molar-refractivity contribution < 1.29 is 13.0 Å². The van der Waals surface area contributed by atoms with Gasteiger partial charge in [0.2, 0.25) is 0 Å². The van der Waals surface area contributed by atoms with Gasteiger partial charge in [-0.3, -0.25) is 23.7 Å². The van der Waals surface area contributed by atoms with Gasteiger partial charge in [-0.15, -0.1) is 0 Å². The van der Waals surface area contributed by atoms with E-state index in [-0.39, 0.29) is 10.6 Å².